The highest BCUT2D eigenvalue weighted by Crippen LogP contribution is 2.42. The smallest absolute Gasteiger partial charge is 0.123 e. The molecule has 142 valence electrons. The molecule has 2 heteroatoms. The van der Waals surface area contributed by atoms with Crippen LogP contribution in [0.15, 0.2) is 18.2 Å². The monoisotopic (exact) mass is 346 g/mol. The Labute approximate surface area is 155 Å². The average Bonchev–Trinajstić information content (AvgIpc) is 2.66. The first-order chi connectivity index (χ1) is 12.3. The van der Waals surface area contributed by atoms with Gasteiger partial charge in [-0.3, -0.25) is 0 Å². The lowest BCUT2D eigenvalue weighted by Gasteiger charge is -2.30. The Hall–Kier alpha value is -1.18. The zero-order valence-corrected chi connectivity index (χ0v) is 16.7. The van der Waals surface area contributed by atoms with Crippen molar-refractivity contribution in [2.24, 2.45) is 5.92 Å². The fraction of sp³-hybridized carbons (Fsp3) is 0.739. The van der Waals surface area contributed by atoms with Gasteiger partial charge in [-0.2, -0.15) is 0 Å². The second kappa shape index (κ2) is 11.4. The van der Waals surface area contributed by atoms with Crippen LogP contribution in [0.1, 0.15) is 96.5 Å². The third kappa shape index (κ3) is 6.56. The van der Waals surface area contributed by atoms with Gasteiger partial charge in [0.2, 0.25) is 0 Å². The molecular weight excluding hydrogens is 308 g/mol. The zero-order valence-electron chi connectivity index (χ0n) is 16.7. The van der Waals surface area contributed by atoms with Crippen molar-refractivity contribution >= 4 is 0 Å². The van der Waals surface area contributed by atoms with Crippen LogP contribution in [0.2, 0.25) is 0 Å². The largest absolute Gasteiger partial charge is 0.494 e. The molecule has 0 aliphatic heterocycles. The van der Waals surface area contributed by atoms with Crippen molar-refractivity contribution in [2.75, 3.05) is 13.2 Å². The number of benzene rings is 1. The summed E-state index contributed by atoms with van der Waals surface area (Å²) >= 11 is 0. The molecule has 0 saturated heterocycles. The van der Waals surface area contributed by atoms with Gasteiger partial charge in [-0.1, -0.05) is 46.5 Å². The molecule has 0 radical (unpaired) electrons. The van der Waals surface area contributed by atoms with Crippen LogP contribution >= 0.6 is 0 Å². The van der Waals surface area contributed by atoms with Crippen molar-refractivity contribution in [2.45, 2.75) is 90.9 Å². The quantitative estimate of drug-likeness (QED) is 0.397. The molecule has 1 aliphatic rings. The van der Waals surface area contributed by atoms with E-state index in [1.165, 1.54) is 56.9 Å². The van der Waals surface area contributed by atoms with Crippen LogP contribution in [0.4, 0.5) is 0 Å². The third-order valence-corrected chi connectivity index (χ3v) is 5.42. The molecule has 1 aliphatic carbocycles. The summed E-state index contributed by atoms with van der Waals surface area (Å²) in [5.41, 5.74) is 1.38. The van der Waals surface area contributed by atoms with E-state index in [1.807, 2.05) is 0 Å². The van der Waals surface area contributed by atoms with Crippen LogP contribution in [-0.4, -0.2) is 13.2 Å². The summed E-state index contributed by atoms with van der Waals surface area (Å²) in [5.74, 6) is 3.67. The maximum atomic E-state index is 6.05. The normalized spacial score (nSPS) is 20.4. The minimum atomic E-state index is 0.638. The van der Waals surface area contributed by atoms with Crippen molar-refractivity contribution in [3.63, 3.8) is 0 Å². The molecule has 0 unspecified atom stereocenters. The number of ether oxygens (including phenoxy) is 2. The molecule has 1 saturated carbocycles. The first kappa shape index (κ1) is 20.1. The molecule has 1 aromatic rings. The predicted molar refractivity (Wildman–Crippen MR) is 107 cm³/mol. The summed E-state index contributed by atoms with van der Waals surface area (Å²) in [7, 11) is 0. The first-order valence-electron chi connectivity index (χ1n) is 10.7. The van der Waals surface area contributed by atoms with E-state index in [-0.39, 0.29) is 0 Å². The minimum absolute atomic E-state index is 0.638. The third-order valence-electron chi connectivity index (χ3n) is 5.42. The minimum Gasteiger partial charge on any atom is -0.494 e. The fourth-order valence-electron chi connectivity index (χ4n) is 3.94. The summed E-state index contributed by atoms with van der Waals surface area (Å²) < 4.78 is 11.9. The van der Waals surface area contributed by atoms with Gasteiger partial charge in [0, 0.05) is 5.56 Å². The molecule has 0 aromatic heterocycles. The van der Waals surface area contributed by atoms with Crippen molar-refractivity contribution in [3.05, 3.63) is 23.8 Å². The Morgan fingerprint density at radius 1 is 0.840 bits per heavy atom. The van der Waals surface area contributed by atoms with E-state index in [4.69, 9.17) is 9.47 Å². The van der Waals surface area contributed by atoms with Crippen molar-refractivity contribution in [1.82, 2.24) is 0 Å². The summed E-state index contributed by atoms with van der Waals surface area (Å²) in [6.45, 7) is 8.20. The molecule has 0 amide bonds. The lowest BCUT2D eigenvalue weighted by molar-refractivity contribution is 0.281. The summed E-state index contributed by atoms with van der Waals surface area (Å²) in [6, 6.07) is 6.45. The van der Waals surface area contributed by atoms with Gasteiger partial charge in [-0.05, 0) is 68.6 Å². The van der Waals surface area contributed by atoms with Gasteiger partial charge in [0.1, 0.15) is 11.5 Å². The Balaban J connectivity index is 2.00. The summed E-state index contributed by atoms with van der Waals surface area (Å²) in [4.78, 5) is 0. The molecule has 2 nitrogen and oxygen atoms in total. The Morgan fingerprint density at radius 2 is 1.56 bits per heavy atom. The lowest BCUT2D eigenvalue weighted by atomic mass is 9.76. The number of rotatable bonds is 11. The van der Waals surface area contributed by atoms with E-state index in [1.54, 1.807) is 0 Å². The number of unbranched alkanes of at least 4 members (excludes halogenated alkanes) is 2. The van der Waals surface area contributed by atoms with Crippen LogP contribution in [0.3, 0.4) is 0 Å². The van der Waals surface area contributed by atoms with Gasteiger partial charge >= 0.3 is 0 Å². The van der Waals surface area contributed by atoms with E-state index in [0.717, 1.165) is 43.5 Å². The van der Waals surface area contributed by atoms with Crippen LogP contribution in [0.25, 0.3) is 0 Å². The molecule has 1 fully saturated rings. The summed E-state index contributed by atoms with van der Waals surface area (Å²) in [6.07, 6.45) is 13.0. The van der Waals surface area contributed by atoms with Crippen molar-refractivity contribution < 1.29 is 9.47 Å². The second-order valence-corrected chi connectivity index (χ2v) is 7.61. The number of hydrogen-bond acceptors (Lipinski definition) is 2. The second-order valence-electron chi connectivity index (χ2n) is 7.61. The molecule has 0 heterocycles. The Morgan fingerprint density at radius 3 is 2.24 bits per heavy atom. The lowest BCUT2D eigenvalue weighted by Crippen LogP contribution is -2.14. The van der Waals surface area contributed by atoms with Crippen LogP contribution < -0.4 is 9.47 Å². The first-order valence-corrected chi connectivity index (χ1v) is 10.7. The van der Waals surface area contributed by atoms with E-state index >= 15 is 0 Å². The molecule has 0 atom stereocenters. The van der Waals surface area contributed by atoms with Gasteiger partial charge in [0.05, 0.1) is 13.2 Å². The average molecular weight is 347 g/mol. The Bertz CT molecular complexity index is 475. The van der Waals surface area contributed by atoms with E-state index in [9.17, 15) is 0 Å². The molecule has 0 bridgehead atoms. The van der Waals surface area contributed by atoms with E-state index in [0.29, 0.717) is 5.92 Å². The van der Waals surface area contributed by atoms with Gasteiger partial charge in [0.15, 0.2) is 0 Å². The highest BCUT2D eigenvalue weighted by atomic mass is 16.5. The molecular formula is C23H38O2. The van der Waals surface area contributed by atoms with Gasteiger partial charge in [-0.15, -0.1) is 0 Å². The van der Waals surface area contributed by atoms with E-state index < -0.39 is 0 Å². The zero-order chi connectivity index (χ0) is 17.9. The highest BCUT2D eigenvalue weighted by molar-refractivity contribution is 5.42. The molecule has 0 N–H and O–H groups in total. The molecule has 25 heavy (non-hydrogen) atoms. The standard InChI is InChI=1S/C23H38O2/c1-4-7-8-9-19-10-12-20(13-11-19)22-18-21(24-16-5-2)14-15-23(22)25-17-6-3/h14-15,18-20H,4-13,16-17H2,1-3H3. The van der Waals surface area contributed by atoms with Gasteiger partial charge in [0.25, 0.3) is 0 Å². The topological polar surface area (TPSA) is 18.5 Å². The molecule has 2 rings (SSSR count). The van der Waals surface area contributed by atoms with E-state index in [2.05, 4.69) is 39.0 Å². The summed E-state index contributed by atoms with van der Waals surface area (Å²) in [5, 5.41) is 0. The van der Waals surface area contributed by atoms with Gasteiger partial charge in [-0.25, -0.2) is 0 Å². The Kier molecular flexibility index (Phi) is 9.21. The molecule has 0 spiro atoms. The van der Waals surface area contributed by atoms with Crippen LogP contribution in [0.5, 0.6) is 11.5 Å². The molecule has 1 aromatic carbocycles. The van der Waals surface area contributed by atoms with Crippen molar-refractivity contribution in [1.29, 1.82) is 0 Å². The van der Waals surface area contributed by atoms with Crippen LogP contribution in [0, 0.1) is 5.92 Å². The maximum Gasteiger partial charge on any atom is 0.123 e. The van der Waals surface area contributed by atoms with Crippen molar-refractivity contribution in [3.8, 4) is 11.5 Å². The highest BCUT2D eigenvalue weighted by Gasteiger charge is 2.25. The number of hydrogen-bond donors (Lipinski definition) is 0. The van der Waals surface area contributed by atoms with Gasteiger partial charge < -0.3 is 9.47 Å². The van der Waals surface area contributed by atoms with Crippen LogP contribution in [-0.2, 0) is 0 Å². The maximum absolute atomic E-state index is 6.05. The fourth-order valence-corrected chi connectivity index (χ4v) is 3.94. The predicted octanol–water partition coefficient (Wildman–Crippen LogP) is 7.12. The SMILES string of the molecule is CCCCCC1CCC(c2cc(OCCC)ccc2OCCC)CC1.